The van der Waals surface area contributed by atoms with Gasteiger partial charge in [0.1, 0.15) is 5.54 Å². The van der Waals surface area contributed by atoms with E-state index >= 15 is 0 Å². The SMILES string of the molecule is COC(=O)NS(=O)(=O)N1CCCC1(C)C(=O)O. The van der Waals surface area contributed by atoms with Gasteiger partial charge in [-0.15, -0.1) is 0 Å². The van der Waals surface area contributed by atoms with Gasteiger partial charge in [0, 0.05) is 6.54 Å². The number of rotatable bonds is 3. The van der Waals surface area contributed by atoms with Crippen LogP contribution in [0, 0.1) is 0 Å². The Morgan fingerprint density at radius 2 is 2.06 bits per heavy atom. The second kappa shape index (κ2) is 4.49. The Kier molecular flexibility index (Phi) is 3.62. The number of nitrogens with zero attached hydrogens (tertiary/aromatic N) is 1. The standard InChI is InChI=1S/C8H14N2O6S/c1-8(6(11)12)4-3-5-10(8)17(14,15)9-7(13)16-2/h3-5H2,1-2H3,(H,9,13)(H,11,12). The summed E-state index contributed by atoms with van der Waals surface area (Å²) in [5.74, 6) is -1.25. The highest BCUT2D eigenvalue weighted by molar-refractivity contribution is 7.87. The number of amides is 1. The molecule has 1 fully saturated rings. The number of ether oxygens (including phenoxy) is 1. The number of methoxy groups -OCH3 is 1. The summed E-state index contributed by atoms with van der Waals surface area (Å²) in [7, 11) is -3.18. The summed E-state index contributed by atoms with van der Waals surface area (Å²) < 4.78 is 30.1. The molecule has 2 N–H and O–H groups in total. The van der Waals surface area contributed by atoms with Gasteiger partial charge in [-0.1, -0.05) is 0 Å². The molecule has 8 nitrogen and oxygen atoms in total. The molecular formula is C8H14N2O6S. The average Bonchev–Trinajstić information content (AvgIpc) is 2.61. The predicted molar refractivity (Wildman–Crippen MR) is 56.4 cm³/mol. The van der Waals surface area contributed by atoms with Gasteiger partial charge < -0.3 is 9.84 Å². The molecule has 1 aliphatic heterocycles. The minimum Gasteiger partial charge on any atom is -0.480 e. The molecule has 0 spiro atoms. The maximum Gasteiger partial charge on any atom is 0.421 e. The Hall–Kier alpha value is -1.35. The van der Waals surface area contributed by atoms with Crippen molar-refractivity contribution < 1.29 is 27.9 Å². The predicted octanol–water partition coefficient (Wildman–Crippen LogP) is -0.474. The van der Waals surface area contributed by atoms with E-state index in [4.69, 9.17) is 5.11 Å². The minimum absolute atomic E-state index is 0.0507. The lowest BCUT2D eigenvalue weighted by Gasteiger charge is -2.29. The number of carbonyl (C=O) groups excluding carboxylic acids is 1. The monoisotopic (exact) mass is 266 g/mol. The van der Waals surface area contributed by atoms with Crippen molar-refractivity contribution in [2.24, 2.45) is 0 Å². The average molecular weight is 266 g/mol. The molecule has 0 aromatic heterocycles. The molecule has 98 valence electrons. The molecule has 0 aromatic rings. The van der Waals surface area contributed by atoms with Crippen molar-refractivity contribution in [3.63, 3.8) is 0 Å². The Labute approximate surface area is 98.7 Å². The van der Waals surface area contributed by atoms with Crippen molar-refractivity contribution in [3.8, 4) is 0 Å². The fourth-order valence-electron chi connectivity index (χ4n) is 1.74. The van der Waals surface area contributed by atoms with Crippen LogP contribution in [0.2, 0.25) is 0 Å². The van der Waals surface area contributed by atoms with Crippen LogP contribution in [0.25, 0.3) is 0 Å². The summed E-state index contributed by atoms with van der Waals surface area (Å²) in [5.41, 5.74) is -1.53. The van der Waals surface area contributed by atoms with E-state index in [1.807, 2.05) is 0 Å². The van der Waals surface area contributed by atoms with Crippen LogP contribution in [0.15, 0.2) is 0 Å². The van der Waals surface area contributed by atoms with E-state index in [1.165, 1.54) is 6.92 Å². The molecule has 9 heteroatoms. The summed E-state index contributed by atoms with van der Waals surface area (Å²) in [5, 5.41) is 9.05. The highest BCUT2D eigenvalue weighted by atomic mass is 32.2. The highest BCUT2D eigenvalue weighted by Gasteiger charge is 2.49. The first-order chi connectivity index (χ1) is 7.74. The van der Waals surface area contributed by atoms with Gasteiger partial charge in [0.05, 0.1) is 7.11 Å². The normalized spacial score (nSPS) is 25.5. The highest BCUT2D eigenvalue weighted by Crippen LogP contribution is 2.31. The van der Waals surface area contributed by atoms with Crippen LogP contribution in [0.4, 0.5) is 4.79 Å². The molecule has 1 atom stereocenters. The molecule has 1 rings (SSSR count). The fraction of sp³-hybridized carbons (Fsp3) is 0.750. The zero-order valence-corrected chi connectivity index (χ0v) is 10.3. The van der Waals surface area contributed by atoms with Gasteiger partial charge in [0.15, 0.2) is 0 Å². The lowest BCUT2D eigenvalue weighted by molar-refractivity contribution is -0.146. The van der Waals surface area contributed by atoms with Gasteiger partial charge in [0.25, 0.3) is 0 Å². The van der Waals surface area contributed by atoms with E-state index < -0.39 is 27.8 Å². The third kappa shape index (κ3) is 2.50. The number of carboxylic acids is 1. The summed E-state index contributed by atoms with van der Waals surface area (Å²) in [4.78, 5) is 22.0. The summed E-state index contributed by atoms with van der Waals surface area (Å²) >= 11 is 0. The largest absolute Gasteiger partial charge is 0.480 e. The van der Waals surface area contributed by atoms with Gasteiger partial charge in [-0.3, -0.25) is 4.79 Å². The Bertz CT molecular complexity index is 433. The van der Waals surface area contributed by atoms with Crippen LogP contribution in [-0.2, 0) is 19.7 Å². The van der Waals surface area contributed by atoms with Crippen molar-refractivity contribution in [1.82, 2.24) is 9.03 Å². The maximum absolute atomic E-state index is 11.8. The van der Waals surface area contributed by atoms with Crippen molar-refractivity contribution in [2.75, 3.05) is 13.7 Å². The van der Waals surface area contributed by atoms with E-state index in [2.05, 4.69) is 4.74 Å². The molecule has 1 heterocycles. The van der Waals surface area contributed by atoms with Crippen molar-refractivity contribution >= 4 is 22.3 Å². The number of carbonyl (C=O) groups is 2. The number of carboxylic acid groups (broad SMARTS) is 1. The van der Waals surface area contributed by atoms with E-state index in [9.17, 15) is 18.0 Å². The third-order valence-corrected chi connectivity index (χ3v) is 4.31. The Morgan fingerprint density at radius 1 is 1.47 bits per heavy atom. The molecule has 1 aliphatic rings. The first-order valence-corrected chi connectivity index (χ1v) is 6.30. The molecular weight excluding hydrogens is 252 g/mol. The van der Waals surface area contributed by atoms with Crippen molar-refractivity contribution in [2.45, 2.75) is 25.3 Å². The number of aliphatic carboxylic acids is 1. The quantitative estimate of drug-likeness (QED) is 0.713. The molecule has 1 saturated heterocycles. The van der Waals surface area contributed by atoms with Gasteiger partial charge in [0.2, 0.25) is 0 Å². The zero-order chi connectivity index (χ0) is 13.3. The Balaban J connectivity index is 2.99. The van der Waals surface area contributed by atoms with Crippen LogP contribution in [0.1, 0.15) is 19.8 Å². The van der Waals surface area contributed by atoms with E-state index in [-0.39, 0.29) is 13.0 Å². The van der Waals surface area contributed by atoms with Crippen LogP contribution >= 0.6 is 0 Å². The molecule has 0 radical (unpaired) electrons. The van der Waals surface area contributed by atoms with Gasteiger partial charge in [-0.05, 0) is 19.8 Å². The van der Waals surface area contributed by atoms with Crippen LogP contribution in [-0.4, -0.2) is 49.1 Å². The van der Waals surface area contributed by atoms with Crippen molar-refractivity contribution in [3.05, 3.63) is 0 Å². The minimum atomic E-state index is -4.20. The molecule has 0 aromatic carbocycles. The number of hydrogen-bond acceptors (Lipinski definition) is 5. The lowest BCUT2D eigenvalue weighted by Crippen LogP contribution is -2.55. The third-order valence-electron chi connectivity index (χ3n) is 2.72. The molecule has 0 bridgehead atoms. The molecule has 1 unspecified atom stereocenters. The van der Waals surface area contributed by atoms with E-state index in [0.717, 1.165) is 11.4 Å². The smallest absolute Gasteiger partial charge is 0.421 e. The molecule has 1 amide bonds. The van der Waals surface area contributed by atoms with Crippen LogP contribution in [0.3, 0.4) is 0 Å². The molecule has 0 saturated carbocycles. The first-order valence-electron chi connectivity index (χ1n) is 4.86. The number of nitrogens with one attached hydrogen (secondary N) is 1. The molecule has 0 aliphatic carbocycles. The van der Waals surface area contributed by atoms with Gasteiger partial charge >= 0.3 is 22.3 Å². The first kappa shape index (κ1) is 13.7. The number of hydrogen-bond donors (Lipinski definition) is 2. The van der Waals surface area contributed by atoms with Crippen LogP contribution < -0.4 is 4.72 Å². The second-order valence-electron chi connectivity index (χ2n) is 3.85. The second-order valence-corrected chi connectivity index (χ2v) is 5.45. The summed E-state index contributed by atoms with van der Waals surface area (Å²) in [6.45, 7) is 1.36. The fourth-order valence-corrected chi connectivity index (χ4v) is 3.21. The van der Waals surface area contributed by atoms with Crippen molar-refractivity contribution in [1.29, 1.82) is 0 Å². The maximum atomic E-state index is 11.8. The lowest BCUT2D eigenvalue weighted by atomic mass is 10.0. The van der Waals surface area contributed by atoms with Crippen LogP contribution in [0.5, 0.6) is 0 Å². The summed E-state index contributed by atoms with van der Waals surface area (Å²) in [6, 6.07) is 0. The van der Waals surface area contributed by atoms with E-state index in [0.29, 0.717) is 6.42 Å². The molecule has 17 heavy (non-hydrogen) atoms. The zero-order valence-electron chi connectivity index (χ0n) is 9.47. The van der Waals surface area contributed by atoms with E-state index in [1.54, 1.807) is 4.72 Å². The Morgan fingerprint density at radius 3 is 2.53 bits per heavy atom. The summed E-state index contributed by atoms with van der Waals surface area (Å²) in [6.07, 6.45) is -0.528. The topological polar surface area (TPSA) is 113 Å². The van der Waals surface area contributed by atoms with Gasteiger partial charge in [-0.2, -0.15) is 12.7 Å². The van der Waals surface area contributed by atoms with Gasteiger partial charge in [-0.25, -0.2) is 9.52 Å².